The van der Waals surface area contributed by atoms with E-state index in [1.54, 1.807) is 0 Å². The van der Waals surface area contributed by atoms with Crippen LogP contribution in [0.3, 0.4) is 0 Å². The van der Waals surface area contributed by atoms with Gasteiger partial charge < -0.3 is 0 Å². The van der Waals surface area contributed by atoms with E-state index in [0.29, 0.717) is 0 Å². The zero-order valence-electron chi connectivity index (χ0n) is 11.4. The summed E-state index contributed by atoms with van der Waals surface area (Å²) < 4.78 is 35.6. The van der Waals surface area contributed by atoms with Crippen molar-refractivity contribution >= 4 is 24.3 Å². The molecule has 1 fully saturated rings. The monoisotopic (exact) mass is 412 g/mol. The molecule has 7 atom stereocenters. The Bertz CT molecular complexity index is 445. The fourth-order valence-corrected chi connectivity index (χ4v) is 9.01. The number of hydrogen-bond donors (Lipinski definition) is 6. The van der Waals surface area contributed by atoms with E-state index in [1.165, 1.54) is 0 Å². The average Bonchev–Trinajstić information content (AvgIpc) is 2.69. The van der Waals surface area contributed by atoms with E-state index in [4.69, 9.17) is 10.2 Å². The number of hydrogen-bond acceptors (Lipinski definition) is 10. The first-order chi connectivity index (χ1) is 10.1. The van der Waals surface area contributed by atoms with E-state index in [0.717, 1.165) is 0 Å². The summed E-state index contributed by atoms with van der Waals surface area (Å²) in [6, 6.07) is 0. The van der Waals surface area contributed by atoms with Crippen LogP contribution in [-0.4, -0.2) is 101 Å². The van der Waals surface area contributed by atoms with Gasteiger partial charge in [-0.2, -0.15) is 0 Å². The summed E-state index contributed by atoms with van der Waals surface area (Å²) in [5.74, 6) is 0. The van der Waals surface area contributed by atoms with Crippen molar-refractivity contribution in [2.75, 3.05) is 13.2 Å². The van der Waals surface area contributed by atoms with E-state index in [-0.39, 0.29) is 10.6 Å². The van der Waals surface area contributed by atoms with Gasteiger partial charge in [0.05, 0.1) is 0 Å². The fraction of sp³-hybridized carbons (Fsp3) is 1.00. The number of aliphatic hydroxyl groups is 6. The minimum atomic E-state index is -5.11. The van der Waals surface area contributed by atoms with Gasteiger partial charge in [-0.15, -0.1) is 0 Å². The Hall–Kier alpha value is 0.149. The van der Waals surface area contributed by atoms with Crippen LogP contribution in [0.5, 0.6) is 0 Å². The van der Waals surface area contributed by atoms with E-state index < -0.39 is 72.8 Å². The second-order valence-corrected chi connectivity index (χ2v) is 10.7. The van der Waals surface area contributed by atoms with E-state index in [2.05, 4.69) is 4.18 Å². The Kier molecular flexibility index (Phi) is 7.63. The molecule has 0 aromatic heterocycles. The summed E-state index contributed by atoms with van der Waals surface area (Å²) in [6.45, 7) is -1.56. The predicted molar refractivity (Wildman–Crippen MR) is 71.9 cm³/mol. The molecule has 0 aliphatic carbocycles. The van der Waals surface area contributed by atoms with Crippen molar-refractivity contribution in [3.05, 3.63) is 0 Å². The third-order valence-electron chi connectivity index (χ3n) is 3.30. The van der Waals surface area contributed by atoms with Crippen LogP contribution in [0.2, 0.25) is 15.5 Å². The second kappa shape index (κ2) is 8.31. The van der Waals surface area contributed by atoms with Crippen LogP contribution < -0.4 is 0 Å². The molecule has 132 valence electrons. The van der Waals surface area contributed by atoms with Crippen LogP contribution in [-0.2, 0) is 14.6 Å². The third kappa shape index (κ3) is 5.35. The van der Waals surface area contributed by atoms with Crippen LogP contribution >= 0.6 is 0 Å². The van der Waals surface area contributed by atoms with Gasteiger partial charge in [0, 0.05) is 0 Å². The molecule has 1 unspecified atom stereocenters. The van der Waals surface area contributed by atoms with Crippen molar-refractivity contribution < 1.29 is 47.8 Å². The molecule has 0 saturated carbocycles. The molecule has 1 heterocycles. The zero-order chi connectivity index (χ0) is 17.1. The van der Waals surface area contributed by atoms with Crippen molar-refractivity contribution in [3.8, 4) is 0 Å². The van der Waals surface area contributed by atoms with Crippen LogP contribution in [0.1, 0.15) is 0 Å². The summed E-state index contributed by atoms with van der Waals surface area (Å²) in [7, 11) is -5.11. The summed E-state index contributed by atoms with van der Waals surface area (Å²) >= 11 is -2.08. The molecule has 1 aliphatic rings. The summed E-state index contributed by atoms with van der Waals surface area (Å²) in [5.41, 5.74) is 0. The normalized spacial score (nSPS) is 33.6. The van der Waals surface area contributed by atoms with Crippen molar-refractivity contribution in [1.29, 1.82) is 0 Å². The Morgan fingerprint density at radius 2 is 1.82 bits per heavy atom. The van der Waals surface area contributed by atoms with Crippen LogP contribution in [0.4, 0.5) is 0 Å². The molecule has 0 spiro atoms. The van der Waals surface area contributed by atoms with E-state index in [9.17, 15) is 33.4 Å². The first kappa shape index (κ1) is 20.2. The number of aliphatic hydroxyl groups excluding tert-OH is 6. The molecule has 1 aliphatic heterocycles. The van der Waals surface area contributed by atoms with Crippen molar-refractivity contribution in [2.24, 2.45) is 0 Å². The molecule has 0 amide bonds. The molecular formula is C10H20O10SSe. The third-order valence-corrected chi connectivity index (χ3v) is 9.87. The fourth-order valence-electron chi connectivity index (χ4n) is 2.27. The van der Waals surface area contributed by atoms with Gasteiger partial charge in [0.1, 0.15) is 0 Å². The van der Waals surface area contributed by atoms with Gasteiger partial charge in [-0.25, -0.2) is 0 Å². The molecular weight excluding hydrogens is 391 g/mol. The van der Waals surface area contributed by atoms with Crippen LogP contribution in [0, 0.1) is 0 Å². The maximum atomic E-state index is 10.5. The Morgan fingerprint density at radius 3 is 2.27 bits per heavy atom. The topological polar surface area (TPSA) is 188 Å². The second-order valence-electron chi connectivity index (χ2n) is 4.94. The van der Waals surface area contributed by atoms with Crippen molar-refractivity contribution in [1.82, 2.24) is 0 Å². The SMILES string of the molecule is O=S(=O)([O-])O[C@@H](CO)[C@H](O)C[Se+]1C[C@H](O)[C@@H](O)[C@@H]1[C@@H](O)CO. The van der Waals surface area contributed by atoms with E-state index in [1.807, 2.05) is 0 Å². The van der Waals surface area contributed by atoms with Gasteiger partial charge >= 0.3 is 131 Å². The first-order valence-corrected chi connectivity index (χ1v) is 11.1. The van der Waals surface area contributed by atoms with Crippen LogP contribution in [0.25, 0.3) is 0 Å². The summed E-state index contributed by atoms with van der Waals surface area (Å²) in [5, 5.41) is 57.1. The van der Waals surface area contributed by atoms with Crippen molar-refractivity contribution in [3.63, 3.8) is 0 Å². The van der Waals surface area contributed by atoms with Gasteiger partial charge in [0.25, 0.3) is 0 Å². The predicted octanol–water partition coefficient (Wildman–Crippen LogP) is -3.86. The van der Waals surface area contributed by atoms with Crippen LogP contribution in [0.15, 0.2) is 0 Å². The Morgan fingerprint density at radius 1 is 1.23 bits per heavy atom. The molecule has 1 rings (SSSR count). The molecule has 22 heavy (non-hydrogen) atoms. The minimum absolute atomic E-state index is 0.113. The first-order valence-electron chi connectivity index (χ1n) is 6.35. The quantitative estimate of drug-likeness (QED) is 0.131. The van der Waals surface area contributed by atoms with Gasteiger partial charge in [-0.3, -0.25) is 0 Å². The molecule has 1 saturated heterocycles. The molecule has 0 radical (unpaired) electrons. The van der Waals surface area contributed by atoms with Gasteiger partial charge in [-0.1, -0.05) is 0 Å². The number of rotatable bonds is 8. The molecule has 10 nitrogen and oxygen atoms in total. The summed E-state index contributed by atoms with van der Waals surface area (Å²) in [6.07, 6.45) is -6.87. The van der Waals surface area contributed by atoms with Gasteiger partial charge in [-0.05, 0) is 0 Å². The van der Waals surface area contributed by atoms with Crippen molar-refractivity contribution in [2.45, 2.75) is 46.0 Å². The van der Waals surface area contributed by atoms with Gasteiger partial charge in [0.15, 0.2) is 0 Å². The average molecular weight is 411 g/mol. The Labute approximate surface area is 131 Å². The zero-order valence-corrected chi connectivity index (χ0v) is 14.0. The molecule has 0 aromatic carbocycles. The standard InChI is InChI=1S/C10H20O10SSe/c11-1-5(13)10-9(16)7(15)4-22(10)3-6(14)8(2-12)20-21(17,18)19/h5-16H,1-4H2/t5-,6+,7-,8-,9+,10-,22?/m0/s1. The molecule has 0 bridgehead atoms. The van der Waals surface area contributed by atoms with Gasteiger partial charge in [0.2, 0.25) is 0 Å². The van der Waals surface area contributed by atoms with E-state index >= 15 is 0 Å². The summed E-state index contributed by atoms with van der Waals surface area (Å²) in [4.78, 5) is -0.821. The molecule has 12 heteroatoms. The maximum absolute atomic E-state index is 10.5. The Balaban J connectivity index is 2.77. The molecule has 0 aromatic rings. The molecule has 6 N–H and O–H groups in total.